The summed E-state index contributed by atoms with van der Waals surface area (Å²) in [6.45, 7) is -0.435. The Balaban J connectivity index is 1.65. The van der Waals surface area contributed by atoms with Crippen LogP contribution in [0, 0.1) is 23.7 Å². The van der Waals surface area contributed by atoms with Crippen molar-refractivity contribution in [2.45, 2.75) is 9.79 Å². The average Bonchev–Trinajstić information content (AvgIpc) is 3.03. The standard InChI is InChI=1S/C32H28N2O6S2/c1-39-31-23-13-11-21-29(31)33(41(35,36)27-17-7-5-8-18-27)25-15-3-4-16-26-34(30-22-12-14-24-32(30)40-2)42(37,38)28-19-9-6-10-20-28/h5-14,17-24H,25-26H2,1-2H3. The molecule has 4 aromatic carbocycles. The number of anilines is 2. The first kappa shape index (κ1) is 30.1. The van der Waals surface area contributed by atoms with E-state index in [4.69, 9.17) is 9.47 Å². The summed E-state index contributed by atoms with van der Waals surface area (Å²) in [5.41, 5.74) is 0.643. The maximum absolute atomic E-state index is 13.6. The SMILES string of the molecule is COc1ccccc1N(CC#CC#CCN(c1ccccc1OC)S(=O)(=O)c1ccccc1)S(=O)(=O)c1ccccc1. The van der Waals surface area contributed by atoms with Gasteiger partial charge in [-0.2, -0.15) is 0 Å². The van der Waals surface area contributed by atoms with Gasteiger partial charge in [0.15, 0.2) is 0 Å². The van der Waals surface area contributed by atoms with Crippen molar-refractivity contribution in [2.24, 2.45) is 0 Å². The van der Waals surface area contributed by atoms with E-state index < -0.39 is 20.0 Å². The molecular formula is C32H28N2O6S2. The highest BCUT2D eigenvalue weighted by molar-refractivity contribution is 7.93. The molecule has 8 nitrogen and oxygen atoms in total. The molecule has 0 amide bonds. The van der Waals surface area contributed by atoms with Gasteiger partial charge in [-0.15, -0.1) is 0 Å². The Morgan fingerprint density at radius 1 is 0.524 bits per heavy atom. The molecule has 42 heavy (non-hydrogen) atoms. The third kappa shape index (κ3) is 6.69. The minimum atomic E-state index is -3.99. The smallest absolute Gasteiger partial charge is 0.265 e. The summed E-state index contributed by atoms with van der Waals surface area (Å²) >= 11 is 0. The molecule has 0 heterocycles. The van der Waals surface area contributed by atoms with Gasteiger partial charge in [-0.05, 0) is 60.4 Å². The Kier molecular flexibility index (Phi) is 9.77. The number of para-hydroxylation sites is 4. The number of nitrogens with zero attached hydrogens (tertiary/aromatic N) is 2. The molecule has 0 spiro atoms. The van der Waals surface area contributed by atoms with Crippen LogP contribution >= 0.6 is 0 Å². The molecule has 0 atom stereocenters. The number of sulfonamides is 2. The van der Waals surface area contributed by atoms with Crippen LogP contribution in [-0.4, -0.2) is 44.1 Å². The van der Waals surface area contributed by atoms with Crippen LogP contribution in [0.2, 0.25) is 0 Å². The number of methoxy groups -OCH3 is 2. The van der Waals surface area contributed by atoms with Gasteiger partial charge in [0, 0.05) is 0 Å². The molecule has 0 aromatic heterocycles. The summed E-state index contributed by atoms with van der Waals surface area (Å²) in [6, 6.07) is 29.5. The van der Waals surface area contributed by atoms with Crippen molar-refractivity contribution in [3.63, 3.8) is 0 Å². The molecule has 0 saturated heterocycles. The molecular weight excluding hydrogens is 572 g/mol. The topological polar surface area (TPSA) is 93.2 Å². The highest BCUT2D eigenvalue weighted by atomic mass is 32.2. The van der Waals surface area contributed by atoms with Crippen LogP contribution in [0.5, 0.6) is 11.5 Å². The number of rotatable bonds is 10. The lowest BCUT2D eigenvalue weighted by Crippen LogP contribution is -2.32. The first-order chi connectivity index (χ1) is 20.3. The van der Waals surface area contributed by atoms with Gasteiger partial charge >= 0.3 is 0 Å². The maximum Gasteiger partial charge on any atom is 0.265 e. The van der Waals surface area contributed by atoms with E-state index >= 15 is 0 Å². The minimum absolute atomic E-state index is 0.0994. The zero-order valence-corrected chi connectivity index (χ0v) is 24.6. The van der Waals surface area contributed by atoms with Crippen LogP contribution in [0.1, 0.15) is 0 Å². The van der Waals surface area contributed by atoms with E-state index in [0.717, 1.165) is 8.61 Å². The summed E-state index contributed by atoms with van der Waals surface area (Å²) in [5.74, 6) is 11.6. The molecule has 0 unspecified atom stereocenters. The second-order valence-corrected chi connectivity index (χ2v) is 12.3. The van der Waals surface area contributed by atoms with Gasteiger partial charge in [0.25, 0.3) is 20.0 Å². The largest absolute Gasteiger partial charge is 0.495 e. The Hall–Kier alpha value is -4.90. The van der Waals surface area contributed by atoms with Gasteiger partial charge < -0.3 is 9.47 Å². The monoisotopic (exact) mass is 600 g/mol. The fraction of sp³-hybridized carbons (Fsp3) is 0.125. The van der Waals surface area contributed by atoms with Crippen molar-refractivity contribution in [2.75, 3.05) is 35.9 Å². The zero-order valence-electron chi connectivity index (χ0n) is 23.0. The molecule has 0 saturated carbocycles. The van der Waals surface area contributed by atoms with Crippen molar-refractivity contribution in [3.8, 4) is 35.2 Å². The highest BCUT2D eigenvalue weighted by Gasteiger charge is 2.27. The Morgan fingerprint density at radius 2 is 0.857 bits per heavy atom. The van der Waals surface area contributed by atoms with Gasteiger partial charge in [0.05, 0.1) is 48.5 Å². The second-order valence-electron chi connectivity index (χ2n) is 8.60. The van der Waals surface area contributed by atoms with E-state index in [2.05, 4.69) is 23.7 Å². The molecule has 0 aliphatic heterocycles. The van der Waals surface area contributed by atoms with Crippen LogP contribution in [0.15, 0.2) is 119 Å². The summed E-state index contributed by atoms with van der Waals surface area (Å²) in [4.78, 5) is 0.199. The molecule has 10 heteroatoms. The summed E-state index contributed by atoms with van der Waals surface area (Å²) in [6.07, 6.45) is 0. The van der Waals surface area contributed by atoms with Crippen molar-refractivity contribution in [1.82, 2.24) is 0 Å². The van der Waals surface area contributed by atoms with E-state index in [0.29, 0.717) is 22.9 Å². The third-order valence-electron chi connectivity index (χ3n) is 6.05. The average molecular weight is 601 g/mol. The van der Waals surface area contributed by atoms with Gasteiger partial charge in [-0.25, -0.2) is 16.8 Å². The summed E-state index contributed by atoms with van der Waals surface area (Å²) in [7, 11) is -5.05. The van der Waals surface area contributed by atoms with Crippen molar-refractivity contribution < 1.29 is 26.3 Å². The molecule has 0 aliphatic rings. The summed E-state index contributed by atoms with van der Waals surface area (Å²) < 4.78 is 67.3. The molecule has 0 radical (unpaired) electrons. The molecule has 0 N–H and O–H groups in total. The Bertz CT molecular complexity index is 1720. The van der Waals surface area contributed by atoms with Crippen LogP contribution < -0.4 is 18.1 Å². The maximum atomic E-state index is 13.6. The lowest BCUT2D eigenvalue weighted by molar-refractivity contribution is 0.415. The van der Waals surface area contributed by atoms with Gasteiger partial charge in [0.2, 0.25) is 0 Å². The minimum Gasteiger partial charge on any atom is -0.495 e. The van der Waals surface area contributed by atoms with Gasteiger partial charge in [-0.1, -0.05) is 72.5 Å². The van der Waals surface area contributed by atoms with Crippen LogP contribution in [-0.2, 0) is 20.0 Å². The predicted octanol–water partition coefficient (Wildman–Crippen LogP) is 4.80. The molecule has 0 aliphatic carbocycles. The quantitative estimate of drug-likeness (QED) is 0.243. The number of ether oxygens (including phenoxy) is 2. The first-order valence-corrected chi connectivity index (χ1v) is 15.6. The van der Waals surface area contributed by atoms with Crippen molar-refractivity contribution >= 4 is 31.4 Å². The van der Waals surface area contributed by atoms with Gasteiger partial charge in [0.1, 0.15) is 11.5 Å². The molecule has 4 rings (SSSR count). The lowest BCUT2D eigenvalue weighted by atomic mass is 10.3. The Morgan fingerprint density at radius 3 is 1.21 bits per heavy atom. The summed E-state index contributed by atoms with van der Waals surface area (Å²) in [5, 5.41) is 0. The Labute approximate surface area is 247 Å². The van der Waals surface area contributed by atoms with Crippen molar-refractivity contribution in [1.29, 1.82) is 0 Å². The normalized spacial score (nSPS) is 10.8. The van der Waals surface area contributed by atoms with E-state index in [1.807, 2.05) is 0 Å². The number of benzene rings is 4. The van der Waals surface area contributed by atoms with Crippen LogP contribution in [0.4, 0.5) is 11.4 Å². The number of hydrogen-bond donors (Lipinski definition) is 0. The molecule has 214 valence electrons. The molecule has 4 aromatic rings. The number of hydrogen-bond acceptors (Lipinski definition) is 6. The second kappa shape index (κ2) is 13.6. The molecule has 0 bridgehead atoms. The highest BCUT2D eigenvalue weighted by Crippen LogP contribution is 2.33. The van der Waals surface area contributed by atoms with E-state index in [-0.39, 0.29) is 22.9 Å². The van der Waals surface area contributed by atoms with E-state index in [1.165, 1.54) is 38.5 Å². The van der Waals surface area contributed by atoms with E-state index in [9.17, 15) is 16.8 Å². The van der Waals surface area contributed by atoms with Crippen LogP contribution in [0.3, 0.4) is 0 Å². The van der Waals surface area contributed by atoms with Crippen LogP contribution in [0.25, 0.3) is 0 Å². The third-order valence-corrected chi connectivity index (χ3v) is 9.60. The first-order valence-electron chi connectivity index (χ1n) is 12.7. The van der Waals surface area contributed by atoms with Crippen molar-refractivity contribution in [3.05, 3.63) is 109 Å². The van der Waals surface area contributed by atoms with E-state index in [1.54, 1.807) is 84.9 Å². The zero-order chi connectivity index (χ0) is 30.0. The molecule has 0 fully saturated rings. The lowest BCUT2D eigenvalue weighted by Gasteiger charge is -2.24. The van der Waals surface area contributed by atoms with Gasteiger partial charge in [-0.3, -0.25) is 8.61 Å². The fourth-order valence-corrected chi connectivity index (χ4v) is 6.82. The fourth-order valence-electron chi connectivity index (χ4n) is 4.02. The predicted molar refractivity (Wildman–Crippen MR) is 163 cm³/mol.